The van der Waals surface area contributed by atoms with Gasteiger partial charge in [-0.25, -0.2) is 4.98 Å². The summed E-state index contributed by atoms with van der Waals surface area (Å²) in [5.74, 6) is 1.71. The second-order valence-corrected chi connectivity index (χ2v) is 6.00. The van der Waals surface area contributed by atoms with E-state index < -0.39 is 0 Å². The summed E-state index contributed by atoms with van der Waals surface area (Å²) in [5, 5.41) is 6.90. The van der Waals surface area contributed by atoms with Gasteiger partial charge < -0.3 is 5.32 Å². The van der Waals surface area contributed by atoms with Gasteiger partial charge in [0.15, 0.2) is 0 Å². The Morgan fingerprint density at radius 2 is 2.06 bits per heavy atom. The fraction of sp³-hybridized carbons (Fsp3) is 0.769. The van der Waals surface area contributed by atoms with Gasteiger partial charge in [0.05, 0.1) is 6.04 Å². The largest absolute Gasteiger partial charge is 0.311 e. The molecule has 1 saturated carbocycles. The summed E-state index contributed by atoms with van der Waals surface area (Å²) in [7, 11) is 2.07. The third-order valence-electron chi connectivity index (χ3n) is 3.75. The summed E-state index contributed by atoms with van der Waals surface area (Å²) in [6, 6.07) is 0.478. The fourth-order valence-corrected chi connectivity index (χ4v) is 3.69. The molecular weight excluding hydrogens is 216 g/mol. The van der Waals surface area contributed by atoms with Gasteiger partial charge in [0.2, 0.25) is 0 Å². The molecule has 0 aliphatic heterocycles. The van der Waals surface area contributed by atoms with E-state index >= 15 is 0 Å². The SMILES string of the molecule is CNC(c1nc(C)cs1)C1CCC(C)CC1. The van der Waals surface area contributed by atoms with Crippen LogP contribution in [0.5, 0.6) is 0 Å². The fourth-order valence-electron chi connectivity index (χ4n) is 2.70. The van der Waals surface area contributed by atoms with Crippen molar-refractivity contribution in [1.82, 2.24) is 10.3 Å². The molecule has 0 spiro atoms. The number of hydrogen-bond acceptors (Lipinski definition) is 3. The van der Waals surface area contributed by atoms with E-state index in [1.165, 1.54) is 30.7 Å². The molecule has 1 atom stereocenters. The van der Waals surface area contributed by atoms with Gasteiger partial charge in [-0.1, -0.05) is 19.8 Å². The molecular formula is C13H22N2S. The van der Waals surface area contributed by atoms with Crippen molar-refractivity contribution < 1.29 is 0 Å². The number of aromatic nitrogens is 1. The first kappa shape index (κ1) is 12.1. The summed E-state index contributed by atoms with van der Waals surface area (Å²) in [6.45, 7) is 4.45. The zero-order valence-electron chi connectivity index (χ0n) is 10.5. The lowest BCUT2D eigenvalue weighted by atomic mass is 9.79. The van der Waals surface area contributed by atoms with Crippen molar-refractivity contribution in [2.24, 2.45) is 11.8 Å². The molecule has 1 N–H and O–H groups in total. The van der Waals surface area contributed by atoms with Crippen LogP contribution in [0.2, 0.25) is 0 Å². The van der Waals surface area contributed by atoms with Crippen LogP contribution in [0.15, 0.2) is 5.38 Å². The molecule has 1 aromatic rings. The summed E-state index contributed by atoms with van der Waals surface area (Å²) in [5.41, 5.74) is 1.16. The number of nitrogens with one attached hydrogen (secondary N) is 1. The number of hydrogen-bond donors (Lipinski definition) is 1. The monoisotopic (exact) mass is 238 g/mol. The van der Waals surface area contributed by atoms with Gasteiger partial charge in [0, 0.05) is 11.1 Å². The standard InChI is InChI=1S/C13H22N2S/c1-9-4-6-11(7-5-9)12(14-3)13-15-10(2)8-16-13/h8-9,11-12,14H,4-7H2,1-3H3. The van der Waals surface area contributed by atoms with Crippen molar-refractivity contribution in [3.05, 3.63) is 16.1 Å². The highest BCUT2D eigenvalue weighted by atomic mass is 32.1. The third-order valence-corrected chi connectivity index (χ3v) is 4.79. The summed E-state index contributed by atoms with van der Waals surface area (Å²) in [4.78, 5) is 4.63. The van der Waals surface area contributed by atoms with E-state index in [0.29, 0.717) is 6.04 Å². The van der Waals surface area contributed by atoms with Crippen LogP contribution in [0, 0.1) is 18.8 Å². The summed E-state index contributed by atoms with van der Waals surface area (Å²) >= 11 is 1.80. The number of thiazole rings is 1. The normalized spacial score (nSPS) is 27.9. The van der Waals surface area contributed by atoms with Gasteiger partial charge in [-0.15, -0.1) is 11.3 Å². The van der Waals surface area contributed by atoms with Crippen LogP contribution in [0.1, 0.15) is 49.4 Å². The molecule has 2 rings (SSSR count). The lowest BCUT2D eigenvalue weighted by Crippen LogP contribution is -2.28. The Morgan fingerprint density at radius 1 is 1.38 bits per heavy atom. The molecule has 0 aromatic carbocycles. The van der Waals surface area contributed by atoms with Crippen molar-refractivity contribution in [3.63, 3.8) is 0 Å². The smallest absolute Gasteiger partial charge is 0.110 e. The van der Waals surface area contributed by atoms with E-state index in [2.05, 4.69) is 36.6 Å². The summed E-state index contributed by atoms with van der Waals surface area (Å²) in [6.07, 6.45) is 5.47. The maximum atomic E-state index is 4.63. The maximum absolute atomic E-state index is 4.63. The van der Waals surface area contributed by atoms with Crippen LogP contribution >= 0.6 is 11.3 Å². The summed E-state index contributed by atoms with van der Waals surface area (Å²) < 4.78 is 0. The topological polar surface area (TPSA) is 24.9 Å². The van der Waals surface area contributed by atoms with E-state index in [4.69, 9.17) is 0 Å². The molecule has 1 fully saturated rings. The van der Waals surface area contributed by atoms with Crippen molar-refractivity contribution in [2.75, 3.05) is 7.05 Å². The minimum atomic E-state index is 0.478. The predicted octanol–water partition coefficient (Wildman–Crippen LogP) is 3.54. The predicted molar refractivity (Wildman–Crippen MR) is 69.8 cm³/mol. The van der Waals surface area contributed by atoms with Gasteiger partial charge >= 0.3 is 0 Å². The second-order valence-electron chi connectivity index (χ2n) is 5.11. The molecule has 1 aliphatic carbocycles. The number of aryl methyl sites for hydroxylation is 1. The molecule has 90 valence electrons. The molecule has 0 amide bonds. The molecule has 0 saturated heterocycles. The van der Waals surface area contributed by atoms with Crippen molar-refractivity contribution >= 4 is 11.3 Å². The van der Waals surface area contributed by atoms with E-state index in [1.54, 1.807) is 11.3 Å². The quantitative estimate of drug-likeness (QED) is 0.871. The molecule has 1 aliphatic rings. The number of rotatable bonds is 3. The van der Waals surface area contributed by atoms with E-state index in [9.17, 15) is 0 Å². The van der Waals surface area contributed by atoms with E-state index in [1.807, 2.05) is 0 Å². The highest BCUT2D eigenvalue weighted by Crippen LogP contribution is 2.37. The Hall–Kier alpha value is -0.410. The van der Waals surface area contributed by atoms with Gasteiger partial charge in [0.25, 0.3) is 0 Å². The van der Waals surface area contributed by atoms with Gasteiger partial charge in [-0.2, -0.15) is 0 Å². The maximum Gasteiger partial charge on any atom is 0.110 e. The zero-order valence-corrected chi connectivity index (χ0v) is 11.3. The van der Waals surface area contributed by atoms with Crippen molar-refractivity contribution in [2.45, 2.75) is 45.6 Å². The third kappa shape index (κ3) is 2.64. The van der Waals surface area contributed by atoms with Crippen LogP contribution in [0.3, 0.4) is 0 Å². The lowest BCUT2D eigenvalue weighted by Gasteiger charge is -2.31. The van der Waals surface area contributed by atoms with Crippen molar-refractivity contribution in [3.8, 4) is 0 Å². The Balaban J connectivity index is 2.05. The van der Waals surface area contributed by atoms with Crippen LogP contribution in [-0.2, 0) is 0 Å². The molecule has 1 aromatic heterocycles. The molecule has 0 bridgehead atoms. The van der Waals surface area contributed by atoms with Crippen molar-refractivity contribution in [1.29, 1.82) is 0 Å². The molecule has 16 heavy (non-hydrogen) atoms. The Morgan fingerprint density at radius 3 is 2.56 bits per heavy atom. The van der Waals surface area contributed by atoms with Crippen LogP contribution < -0.4 is 5.32 Å². The Kier molecular flexibility index (Phi) is 3.98. The zero-order chi connectivity index (χ0) is 11.5. The first-order valence-electron chi connectivity index (χ1n) is 6.30. The number of nitrogens with zero attached hydrogens (tertiary/aromatic N) is 1. The Bertz CT molecular complexity index is 326. The second kappa shape index (κ2) is 5.28. The van der Waals surface area contributed by atoms with Crippen LogP contribution in [0.25, 0.3) is 0 Å². The molecule has 3 heteroatoms. The minimum Gasteiger partial charge on any atom is -0.311 e. The van der Waals surface area contributed by atoms with Gasteiger partial charge in [-0.05, 0) is 38.6 Å². The average molecular weight is 238 g/mol. The van der Waals surface area contributed by atoms with E-state index in [0.717, 1.165) is 17.5 Å². The average Bonchev–Trinajstić information content (AvgIpc) is 2.69. The minimum absolute atomic E-state index is 0.478. The highest BCUT2D eigenvalue weighted by Gasteiger charge is 2.27. The molecule has 0 radical (unpaired) electrons. The molecule has 1 unspecified atom stereocenters. The van der Waals surface area contributed by atoms with Gasteiger partial charge in [-0.3, -0.25) is 0 Å². The van der Waals surface area contributed by atoms with Crippen LogP contribution in [0.4, 0.5) is 0 Å². The van der Waals surface area contributed by atoms with Gasteiger partial charge in [0.1, 0.15) is 5.01 Å². The van der Waals surface area contributed by atoms with Crippen LogP contribution in [-0.4, -0.2) is 12.0 Å². The Labute approximate surface area is 102 Å². The molecule has 1 heterocycles. The lowest BCUT2D eigenvalue weighted by molar-refractivity contribution is 0.237. The highest BCUT2D eigenvalue weighted by molar-refractivity contribution is 7.09. The molecule has 2 nitrogen and oxygen atoms in total. The first-order chi connectivity index (χ1) is 7.70. The first-order valence-corrected chi connectivity index (χ1v) is 7.18. The van der Waals surface area contributed by atoms with E-state index in [-0.39, 0.29) is 0 Å².